The molecule has 2 aromatic heterocycles. The maximum atomic E-state index is 14.9. The van der Waals surface area contributed by atoms with Gasteiger partial charge in [0.05, 0.1) is 24.1 Å². The van der Waals surface area contributed by atoms with E-state index in [4.69, 9.17) is 4.74 Å². The number of hydrogen-bond donors (Lipinski definition) is 2. The first kappa shape index (κ1) is 19.8. The van der Waals surface area contributed by atoms with Gasteiger partial charge < -0.3 is 24.7 Å². The van der Waals surface area contributed by atoms with Crippen LogP contribution in [0.25, 0.3) is 5.65 Å². The van der Waals surface area contributed by atoms with E-state index in [0.717, 1.165) is 37.3 Å². The number of halogens is 1. The number of fused-ring (bicyclic) bond motifs is 3. The first-order valence-electron chi connectivity index (χ1n) is 10.7. The fourth-order valence-corrected chi connectivity index (χ4v) is 4.69. The number of piperazine rings is 1. The molecule has 2 unspecified atom stereocenters. The molecule has 0 spiro atoms. The molecule has 0 aliphatic carbocycles. The lowest BCUT2D eigenvalue weighted by atomic mass is 9.94. The third-order valence-corrected chi connectivity index (χ3v) is 6.16. The molecule has 3 aromatic rings. The Labute approximate surface area is 180 Å². The average Bonchev–Trinajstić information content (AvgIpc) is 3.12. The molecule has 2 aliphatic heterocycles. The lowest BCUT2D eigenvalue weighted by Gasteiger charge is -2.43. The average molecular weight is 423 g/mol. The van der Waals surface area contributed by atoms with Gasteiger partial charge in [-0.25, -0.2) is 9.37 Å². The van der Waals surface area contributed by atoms with Crippen molar-refractivity contribution in [3.8, 4) is 5.75 Å². The van der Waals surface area contributed by atoms with Crippen molar-refractivity contribution in [3.63, 3.8) is 0 Å². The van der Waals surface area contributed by atoms with Gasteiger partial charge in [0.1, 0.15) is 17.2 Å². The summed E-state index contributed by atoms with van der Waals surface area (Å²) in [5, 5.41) is 6.32. The van der Waals surface area contributed by atoms with E-state index < -0.39 is 11.7 Å². The monoisotopic (exact) mass is 423 g/mol. The molecule has 2 fully saturated rings. The van der Waals surface area contributed by atoms with Gasteiger partial charge >= 0.3 is 0 Å². The summed E-state index contributed by atoms with van der Waals surface area (Å²) in [5.41, 5.74) is 2.82. The van der Waals surface area contributed by atoms with E-state index in [2.05, 4.69) is 20.5 Å². The Morgan fingerprint density at radius 3 is 2.71 bits per heavy atom. The normalized spacial score (nSPS) is 20.7. The zero-order chi connectivity index (χ0) is 21.5. The fourth-order valence-electron chi connectivity index (χ4n) is 4.69. The predicted octanol–water partition coefficient (Wildman–Crippen LogP) is 3.37. The minimum absolute atomic E-state index is 0.146. The number of anilines is 2. The molecule has 4 heterocycles. The Kier molecular flexibility index (Phi) is 5.02. The second-order valence-electron chi connectivity index (χ2n) is 8.42. The Bertz CT molecular complexity index is 1130. The van der Waals surface area contributed by atoms with Gasteiger partial charge in [0, 0.05) is 49.3 Å². The Balaban J connectivity index is 1.36. The summed E-state index contributed by atoms with van der Waals surface area (Å²) >= 11 is 0. The first-order chi connectivity index (χ1) is 15.0. The quantitative estimate of drug-likeness (QED) is 0.673. The second-order valence-corrected chi connectivity index (χ2v) is 8.42. The Morgan fingerprint density at radius 1 is 1.23 bits per heavy atom. The lowest BCUT2D eigenvalue weighted by molar-refractivity contribution is 0.102. The lowest BCUT2D eigenvalue weighted by Crippen LogP contribution is -2.58. The number of hydrogen-bond acceptors (Lipinski definition) is 5. The number of aromatic nitrogens is 2. The number of pyridine rings is 1. The van der Waals surface area contributed by atoms with Crippen molar-refractivity contribution < 1.29 is 13.9 Å². The van der Waals surface area contributed by atoms with Crippen LogP contribution in [-0.2, 0) is 0 Å². The van der Waals surface area contributed by atoms with Crippen molar-refractivity contribution in [3.05, 3.63) is 53.7 Å². The number of carbonyl (C=O) groups is 1. The van der Waals surface area contributed by atoms with Crippen molar-refractivity contribution in [2.24, 2.45) is 0 Å². The number of ether oxygens (including phenoxy) is 1. The smallest absolute Gasteiger partial charge is 0.261 e. The largest absolute Gasteiger partial charge is 0.496 e. The van der Waals surface area contributed by atoms with E-state index in [0.29, 0.717) is 29.0 Å². The summed E-state index contributed by atoms with van der Waals surface area (Å²) in [7, 11) is 1.50. The summed E-state index contributed by atoms with van der Waals surface area (Å²) in [6.45, 7) is 3.63. The number of nitrogens with one attached hydrogen (secondary N) is 2. The molecular weight excluding hydrogens is 397 g/mol. The van der Waals surface area contributed by atoms with Crippen LogP contribution in [0.4, 0.5) is 15.8 Å². The molecule has 7 nitrogen and oxygen atoms in total. The summed E-state index contributed by atoms with van der Waals surface area (Å²) in [6, 6.07) is 7.64. The molecule has 2 N–H and O–H groups in total. The zero-order valence-corrected chi connectivity index (χ0v) is 17.7. The van der Waals surface area contributed by atoms with Crippen molar-refractivity contribution in [1.82, 2.24) is 14.7 Å². The molecule has 0 radical (unpaired) electrons. The molecular formula is C23H26FN5O2. The molecule has 2 atom stereocenters. The Morgan fingerprint density at radius 2 is 2.00 bits per heavy atom. The van der Waals surface area contributed by atoms with Crippen LogP contribution in [-0.4, -0.2) is 47.6 Å². The Hall–Kier alpha value is -3.13. The molecule has 1 amide bonds. The van der Waals surface area contributed by atoms with Crippen LogP contribution in [0.1, 0.15) is 35.3 Å². The number of rotatable bonds is 4. The van der Waals surface area contributed by atoms with Crippen LogP contribution in [0.15, 0.2) is 36.7 Å². The highest BCUT2D eigenvalue weighted by Gasteiger charge is 2.30. The number of nitrogens with zero attached hydrogens (tertiary/aromatic N) is 3. The maximum absolute atomic E-state index is 14.9. The molecule has 162 valence electrons. The SMILES string of the molecule is COc1cc2nc(C)cn2cc1C(=O)Nc1ccc(N2CC3CCCC(C2)N3)cc1F. The number of imidazole rings is 1. The summed E-state index contributed by atoms with van der Waals surface area (Å²) in [5.74, 6) is -0.499. The highest BCUT2D eigenvalue weighted by atomic mass is 19.1. The topological polar surface area (TPSA) is 70.9 Å². The van der Waals surface area contributed by atoms with E-state index in [1.807, 2.05) is 19.2 Å². The van der Waals surface area contributed by atoms with Crippen molar-refractivity contribution in [2.75, 3.05) is 30.4 Å². The van der Waals surface area contributed by atoms with Gasteiger partial charge in [-0.2, -0.15) is 0 Å². The predicted molar refractivity (Wildman–Crippen MR) is 118 cm³/mol. The molecule has 31 heavy (non-hydrogen) atoms. The van der Waals surface area contributed by atoms with E-state index in [-0.39, 0.29) is 5.69 Å². The van der Waals surface area contributed by atoms with Crippen LogP contribution in [0.2, 0.25) is 0 Å². The van der Waals surface area contributed by atoms with E-state index in [9.17, 15) is 9.18 Å². The number of benzene rings is 1. The minimum atomic E-state index is -0.451. The molecule has 2 aliphatic rings. The zero-order valence-electron chi connectivity index (χ0n) is 17.7. The molecule has 5 rings (SSSR count). The standard InChI is InChI=1S/C23H26FN5O2/c1-14-10-29-13-18(21(31-2)9-22(29)25-14)23(30)27-20-7-6-17(8-19(20)24)28-11-15-4-3-5-16(12-28)26-15/h6-10,13,15-16,26H,3-5,11-12H2,1-2H3,(H,27,30). The van der Waals surface area contributed by atoms with Gasteiger partial charge in [-0.1, -0.05) is 6.42 Å². The first-order valence-corrected chi connectivity index (χ1v) is 10.7. The number of piperidine rings is 1. The summed E-state index contributed by atoms with van der Waals surface area (Å²) in [4.78, 5) is 19.5. The maximum Gasteiger partial charge on any atom is 0.261 e. The number of aryl methyl sites for hydroxylation is 1. The molecule has 0 saturated carbocycles. The van der Waals surface area contributed by atoms with Gasteiger partial charge in [0.25, 0.3) is 5.91 Å². The third-order valence-electron chi connectivity index (χ3n) is 6.16. The van der Waals surface area contributed by atoms with Gasteiger partial charge in [-0.05, 0) is 38.0 Å². The summed E-state index contributed by atoms with van der Waals surface area (Å²) < 4.78 is 22.0. The number of methoxy groups -OCH3 is 1. The molecule has 1 aromatic carbocycles. The van der Waals surface area contributed by atoms with Crippen LogP contribution in [0.5, 0.6) is 5.75 Å². The number of amides is 1. The fraction of sp³-hybridized carbons (Fsp3) is 0.391. The second kappa shape index (κ2) is 7.85. The highest BCUT2D eigenvalue weighted by Crippen LogP contribution is 2.28. The van der Waals surface area contributed by atoms with Crippen LogP contribution in [0.3, 0.4) is 0 Å². The van der Waals surface area contributed by atoms with Crippen molar-refractivity contribution in [1.29, 1.82) is 0 Å². The third kappa shape index (κ3) is 3.83. The molecule has 2 saturated heterocycles. The van der Waals surface area contributed by atoms with Crippen LogP contribution < -0.4 is 20.3 Å². The minimum Gasteiger partial charge on any atom is -0.496 e. The van der Waals surface area contributed by atoms with Gasteiger partial charge in [-0.15, -0.1) is 0 Å². The van der Waals surface area contributed by atoms with Crippen molar-refractivity contribution in [2.45, 2.75) is 38.3 Å². The van der Waals surface area contributed by atoms with Gasteiger partial charge in [0.2, 0.25) is 0 Å². The number of carbonyl (C=O) groups excluding carboxylic acids is 1. The van der Waals surface area contributed by atoms with Crippen LogP contribution in [0, 0.1) is 12.7 Å². The van der Waals surface area contributed by atoms with Crippen molar-refractivity contribution >= 4 is 22.9 Å². The highest BCUT2D eigenvalue weighted by molar-refractivity contribution is 6.06. The summed E-state index contributed by atoms with van der Waals surface area (Å²) in [6.07, 6.45) is 7.04. The van der Waals surface area contributed by atoms with Crippen LogP contribution >= 0.6 is 0 Å². The van der Waals surface area contributed by atoms with E-state index in [1.165, 1.54) is 19.6 Å². The molecule has 8 heteroatoms. The van der Waals surface area contributed by atoms with E-state index >= 15 is 0 Å². The van der Waals surface area contributed by atoms with Gasteiger partial charge in [0.15, 0.2) is 0 Å². The van der Waals surface area contributed by atoms with E-state index in [1.54, 1.807) is 22.7 Å². The molecule has 2 bridgehead atoms. The van der Waals surface area contributed by atoms with Gasteiger partial charge in [-0.3, -0.25) is 4.79 Å².